The van der Waals surface area contributed by atoms with E-state index in [9.17, 15) is 23.5 Å². The number of hydrogen-bond donors (Lipinski definition) is 4. The molecule has 0 atom stereocenters. The minimum Gasteiger partial charge on any atom is -0.504 e. The molecular formula is C29H37F2N5O4. The average Bonchev–Trinajstić information content (AvgIpc) is 2.96. The van der Waals surface area contributed by atoms with Crippen LogP contribution >= 0.6 is 0 Å². The van der Waals surface area contributed by atoms with Crippen molar-refractivity contribution in [3.05, 3.63) is 77.6 Å². The van der Waals surface area contributed by atoms with E-state index >= 15 is 0 Å². The summed E-state index contributed by atoms with van der Waals surface area (Å²) < 4.78 is 26.5. The van der Waals surface area contributed by atoms with Gasteiger partial charge in [0.25, 0.3) is 11.8 Å². The molecule has 11 heteroatoms. The van der Waals surface area contributed by atoms with Crippen LogP contribution in [0.15, 0.2) is 60.8 Å². The number of nitrogens with zero attached hydrogens (tertiary/aromatic N) is 2. The van der Waals surface area contributed by atoms with Crippen molar-refractivity contribution >= 4 is 23.2 Å². The summed E-state index contributed by atoms with van der Waals surface area (Å²) >= 11 is 0. The number of benzene rings is 2. The number of phenols is 1. The second-order valence-corrected chi connectivity index (χ2v) is 8.96. The number of phenolic OH excluding ortho intramolecular Hbond substituents is 1. The summed E-state index contributed by atoms with van der Waals surface area (Å²) in [6, 6.07) is 14.7. The number of amides is 2. The van der Waals surface area contributed by atoms with Gasteiger partial charge in [0.1, 0.15) is 5.69 Å². The van der Waals surface area contributed by atoms with Crippen molar-refractivity contribution in [3.63, 3.8) is 0 Å². The van der Waals surface area contributed by atoms with Gasteiger partial charge in [0.15, 0.2) is 11.5 Å². The van der Waals surface area contributed by atoms with Gasteiger partial charge < -0.3 is 30.7 Å². The first-order valence-corrected chi connectivity index (χ1v) is 12.8. The lowest BCUT2D eigenvalue weighted by molar-refractivity contribution is 0.0947. The zero-order chi connectivity index (χ0) is 29.3. The van der Waals surface area contributed by atoms with Gasteiger partial charge >= 0.3 is 0 Å². The van der Waals surface area contributed by atoms with Crippen LogP contribution in [0.1, 0.15) is 45.7 Å². The molecular weight excluding hydrogens is 520 g/mol. The molecule has 216 valence electrons. The number of anilines is 2. The van der Waals surface area contributed by atoms with E-state index in [2.05, 4.69) is 30.6 Å². The third-order valence-corrected chi connectivity index (χ3v) is 5.71. The molecule has 0 aliphatic carbocycles. The monoisotopic (exact) mass is 557 g/mol. The van der Waals surface area contributed by atoms with Gasteiger partial charge in [-0.3, -0.25) is 19.0 Å². The van der Waals surface area contributed by atoms with E-state index in [0.717, 1.165) is 31.4 Å². The minimum absolute atomic E-state index is 0.0158. The van der Waals surface area contributed by atoms with Crippen molar-refractivity contribution in [2.45, 2.75) is 25.8 Å². The smallest absolute Gasteiger partial charge is 0.269 e. The molecule has 0 aliphatic rings. The number of aromatic hydroxyl groups is 1. The molecule has 4 N–H and O–H groups in total. The molecule has 3 rings (SSSR count). The SMILES string of the molecule is CF.CN(C)CCCCCNC(=O)c1cc(CNc2ccccc2C(=O)Nc2ccc(OCF)c(O)c2)ccn1. The van der Waals surface area contributed by atoms with Crippen LogP contribution in [0.3, 0.4) is 0 Å². The van der Waals surface area contributed by atoms with Gasteiger partial charge in [-0.25, -0.2) is 4.39 Å². The van der Waals surface area contributed by atoms with Crippen LogP contribution in [-0.2, 0) is 6.54 Å². The summed E-state index contributed by atoms with van der Waals surface area (Å²) in [5, 5.41) is 18.8. The summed E-state index contributed by atoms with van der Waals surface area (Å²) in [7, 11) is 4.59. The van der Waals surface area contributed by atoms with E-state index in [1.807, 2.05) is 14.1 Å². The highest BCUT2D eigenvalue weighted by Gasteiger charge is 2.13. The Labute approximate surface area is 233 Å². The summed E-state index contributed by atoms with van der Waals surface area (Å²) in [5.41, 5.74) is 2.48. The van der Waals surface area contributed by atoms with Crippen LogP contribution in [0.25, 0.3) is 0 Å². The van der Waals surface area contributed by atoms with E-state index in [1.165, 1.54) is 18.2 Å². The van der Waals surface area contributed by atoms with Gasteiger partial charge in [0.05, 0.1) is 12.7 Å². The summed E-state index contributed by atoms with van der Waals surface area (Å²) in [4.78, 5) is 31.8. The van der Waals surface area contributed by atoms with Crippen LogP contribution < -0.4 is 20.7 Å². The Hall–Kier alpha value is -4.25. The van der Waals surface area contributed by atoms with Gasteiger partial charge in [0.2, 0.25) is 6.86 Å². The third-order valence-electron chi connectivity index (χ3n) is 5.71. The topological polar surface area (TPSA) is 116 Å². The van der Waals surface area contributed by atoms with Crippen LogP contribution in [0, 0.1) is 0 Å². The first-order chi connectivity index (χ1) is 19.4. The quantitative estimate of drug-likeness (QED) is 0.206. The summed E-state index contributed by atoms with van der Waals surface area (Å²) in [6.07, 6.45) is 4.63. The number of rotatable bonds is 14. The lowest BCUT2D eigenvalue weighted by Crippen LogP contribution is -2.25. The molecule has 3 aromatic rings. The molecule has 2 aromatic carbocycles. The van der Waals surface area contributed by atoms with Crippen molar-refractivity contribution in [3.8, 4) is 11.5 Å². The van der Waals surface area contributed by atoms with Crippen molar-refractivity contribution in [2.75, 3.05) is 51.9 Å². The van der Waals surface area contributed by atoms with E-state index < -0.39 is 12.8 Å². The Morgan fingerprint density at radius 2 is 1.77 bits per heavy atom. The van der Waals surface area contributed by atoms with Gasteiger partial charge in [0, 0.05) is 36.7 Å². The van der Waals surface area contributed by atoms with Crippen LogP contribution in [0.5, 0.6) is 11.5 Å². The fraction of sp³-hybridized carbons (Fsp3) is 0.345. The highest BCUT2D eigenvalue weighted by molar-refractivity contribution is 6.08. The van der Waals surface area contributed by atoms with Crippen molar-refractivity contribution in [1.82, 2.24) is 15.2 Å². The van der Waals surface area contributed by atoms with Crippen molar-refractivity contribution < 1.29 is 28.2 Å². The first-order valence-electron chi connectivity index (χ1n) is 12.8. The van der Waals surface area contributed by atoms with E-state index in [1.54, 1.807) is 42.6 Å². The number of ether oxygens (including phenoxy) is 1. The fourth-order valence-electron chi connectivity index (χ4n) is 3.74. The number of nitrogens with one attached hydrogen (secondary N) is 3. The normalized spacial score (nSPS) is 10.3. The van der Waals surface area contributed by atoms with Gasteiger partial charge in [-0.2, -0.15) is 0 Å². The number of halogens is 2. The largest absolute Gasteiger partial charge is 0.504 e. The molecule has 9 nitrogen and oxygen atoms in total. The second-order valence-electron chi connectivity index (χ2n) is 8.96. The number of carbonyl (C=O) groups excluding carboxylic acids is 2. The van der Waals surface area contributed by atoms with E-state index in [4.69, 9.17) is 0 Å². The predicted molar refractivity (Wildman–Crippen MR) is 152 cm³/mol. The Balaban J connectivity index is 0.00000274. The number of pyridine rings is 1. The van der Waals surface area contributed by atoms with Gasteiger partial charge in [-0.15, -0.1) is 0 Å². The molecule has 0 fully saturated rings. The molecule has 40 heavy (non-hydrogen) atoms. The lowest BCUT2D eigenvalue weighted by atomic mass is 10.1. The Morgan fingerprint density at radius 3 is 2.50 bits per heavy atom. The number of para-hydroxylation sites is 1. The minimum atomic E-state index is -1.07. The predicted octanol–water partition coefficient (Wildman–Crippen LogP) is 5.00. The molecule has 0 radical (unpaired) electrons. The zero-order valence-corrected chi connectivity index (χ0v) is 23.0. The molecule has 0 aliphatic heterocycles. The van der Waals surface area contributed by atoms with Gasteiger partial charge in [-0.05, 0) is 75.4 Å². The first kappa shape index (κ1) is 32.0. The number of hydrogen-bond acceptors (Lipinski definition) is 7. The zero-order valence-electron chi connectivity index (χ0n) is 23.0. The highest BCUT2D eigenvalue weighted by atomic mass is 19.1. The maximum Gasteiger partial charge on any atom is 0.269 e. The molecule has 2 amide bonds. The third kappa shape index (κ3) is 10.5. The van der Waals surface area contributed by atoms with E-state index in [-0.39, 0.29) is 17.4 Å². The molecule has 1 heterocycles. The second kappa shape index (κ2) is 17.4. The van der Waals surface area contributed by atoms with Crippen LogP contribution in [0.2, 0.25) is 0 Å². The Kier molecular flexibility index (Phi) is 13.9. The standard InChI is InChI=1S/C28H34FN5O4.CH3F/c1-34(2)15-7-3-6-13-31-28(37)24-16-20(12-14-30-24)18-32-23-9-5-4-8-22(23)27(36)33-21-10-11-26(38-19-29)25(35)17-21;1-2/h4-5,8-12,14,16-17,32,35H,3,6-7,13,15,18-19H2,1-2H3,(H,31,37)(H,33,36);1H3. The number of aromatic nitrogens is 1. The maximum absolute atomic E-state index is 12.9. The van der Waals surface area contributed by atoms with E-state index in [0.29, 0.717) is 42.9 Å². The highest BCUT2D eigenvalue weighted by Crippen LogP contribution is 2.29. The van der Waals surface area contributed by atoms with Crippen molar-refractivity contribution in [2.24, 2.45) is 0 Å². The molecule has 1 aromatic heterocycles. The Bertz CT molecular complexity index is 1230. The molecule has 0 bridgehead atoms. The lowest BCUT2D eigenvalue weighted by Gasteiger charge is -2.13. The number of alkyl halides is 2. The summed E-state index contributed by atoms with van der Waals surface area (Å²) in [6.45, 7) is 0.929. The van der Waals surface area contributed by atoms with Crippen LogP contribution in [-0.4, -0.2) is 68.0 Å². The average molecular weight is 558 g/mol. The fourth-order valence-corrected chi connectivity index (χ4v) is 3.74. The molecule has 0 saturated heterocycles. The van der Waals surface area contributed by atoms with Gasteiger partial charge in [-0.1, -0.05) is 18.6 Å². The Morgan fingerprint density at radius 1 is 1.00 bits per heavy atom. The number of carbonyl (C=O) groups is 2. The maximum atomic E-state index is 12.9. The van der Waals surface area contributed by atoms with Crippen molar-refractivity contribution in [1.29, 1.82) is 0 Å². The van der Waals surface area contributed by atoms with Crippen LogP contribution in [0.4, 0.5) is 20.2 Å². The number of unbranched alkanes of at least 4 members (excludes halogenated alkanes) is 2. The summed E-state index contributed by atoms with van der Waals surface area (Å²) in [5.74, 6) is -0.913. The molecule has 0 saturated carbocycles. The molecule has 0 unspecified atom stereocenters. The molecule has 0 spiro atoms.